The maximum atomic E-state index is 13.2. The Morgan fingerprint density at radius 3 is 2.82 bits per heavy atom. The molecule has 0 aliphatic carbocycles. The number of anilines is 1. The van der Waals surface area contributed by atoms with Crippen molar-refractivity contribution in [2.45, 2.75) is 58.5 Å². The van der Waals surface area contributed by atoms with E-state index in [2.05, 4.69) is 46.9 Å². The van der Waals surface area contributed by atoms with E-state index in [1.54, 1.807) is 12.5 Å². The molecule has 3 aromatic rings. The summed E-state index contributed by atoms with van der Waals surface area (Å²) in [5.41, 5.74) is 1.95. The molecule has 1 atom stereocenters. The van der Waals surface area contributed by atoms with Crippen molar-refractivity contribution in [2.24, 2.45) is 0 Å². The number of hydrogen-bond acceptors (Lipinski definition) is 8. The molecule has 4 heterocycles. The van der Waals surface area contributed by atoms with E-state index in [9.17, 15) is 4.79 Å². The van der Waals surface area contributed by atoms with E-state index in [-0.39, 0.29) is 24.7 Å². The number of piperazine rings is 1. The van der Waals surface area contributed by atoms with Crippen LogP contribution in [-0.4, -0.2) is 69.3 Å². The molecule has 5 rings (SSSR count). The number of imidazole rings is 1. The molecule has 1 aromatic carbocycles. The molecule has 0 bridgehead atoms. The number of nitrogens with one attached hydrogen (secondary N) is 1. The van der Waals surface area contributed by atoms with Crippen LogP contribution in [0.4, 0.5) is 5.82 Å². The van der Waals surface area contributed by atoms with Crippen LogP contribution < -0.4 is 19.7 Å². The number of aromatic nitrogens is 4. The van der Waals surface area contributed by atoms with E-state index >= 15 is 0 Å². The number of amides is 1. The van der Waals surface area contributed by atoms with Crippen molar-refractivity contribution in [3.63, 3.8) is 0 Å². The Morgan fingerprint density at radius 2 is 2.03 bits per heavy atom. The third-order valence-corrected chi connectivity index (χ3v) is 7.08. The van der Waals surface area contributed by atoms with Gasteiger partial charge in [-0.15, -0.1) is 0 Å². The molecule has 2 aromatic heterocycles. The zero-order valence-electron chi connectivity index (χ0n) is 22.5. The molecule has 1 fully saturated rings. The maximum absolute atomic E-state index is 13.2. The minimum Gasteiger partial charge on any atom is -0.454 e. The number of nitrogens with zero attached hydrogens (tertiary/aromatic N) is 6. The summed E-state index contributed by atoms with van der Waals surface area (Å²) in [7, 11) is 0. The number of carbonyl (C=O) groups is 1. The topological polar surface area (TPSA) is 97.6 Å². The summed E-state index contributed by atoms with van der Waals surface area (Å²) < 4.78 is 12.7. The molecular weight excluding hydrogens is 482 g/mol. The van der Waals surface area contributed by atoms with Gasteiger partial charge in [-0.05, 0) is 36.6 Å². The molecule has 1 N–H and O–H groups in total. The highest BCUT2D eigenvalue weighted by Crippen LogP contribution is 2.32. The highest BCUT2D eigenvalue weighted by Gasteiger charge is 2.30. The zero-order chi connectivity index (χ0) is 26.5. The van der Waals surface area contributed by atoms with Gasteiger partial charge in [0.05, 0.1) is 11.7 Å². The van der Waals surface area contributed by atoms with Crippen LogP contribution in [0.15, 0.2) is 43.0 Å². The van der Waals surface area contributed by atoms with E-state index in [1.807, 2.05) is 29.0 Å². The molecule has 0 spiro atoms. The number of benzene rings is 1. The fraction of sp³-hybridized carbons (Fsp3) is 0.500. The summed E-state index contributed by atoms with van der Waals surface area (Å²) in [5, 5.41) is 3.11. The van der Waals surface area contributed by atoms with Gasteiger partial charge in [-0.25, -0.2) is 9.97 Å². The highest BCUT2D eigenvalue weighted by atomic mass is 16.7. The van der Waals surface area contributed by atoms with Crippen molar-refractivity contribution in [1.29, 1.82) is 0 Å². The third-order valence-electron chi connectivity index (χ3n) is 7.08. The predicted molar refractivity (Wildman–Crippen MR) is 145 cm³/mol. The Kier molecular flexibility index (Phi) is 8.07. The van der Waals surface area contributed by atoms with Gasteiger partial charge in [0.25, 0.3) is 0 Å². The van der Waals surface area contributed by atoms with Gasteiger partial charge in [0, 0.05) is 51.1 Å². The van der Waals surface area contributed by atoms with E-state index in [1.165, 1.54) is 0 Å². The molecule has 202 valence electrons. The van der Waals surface area contributed by atoms with Crippen molar-refractivity contribution in [3.8, 4) is 17.4 Å². The molecule has 10 heteroatoms. The van der Waals surface area contributed by atoms with Gasteiger partial charge in [0.15, 0.2) is 11.5 Å². The first kappa shape index (κ1) is 26.0. The van der Waals surface area contributed by atoms with Crippen LogP contribution in [0, 0.1) is 0 Å². The average Bonchev–Trinajstić information content (AvgIpc) is 3.63. The summed E-state index contributed by atoms with van der Waals surface area (Å²) in [6.45, 7) is 10.8. The molecule has 2 aliphatic heterocycles. The van der Waals surface area contributed by atoms with Crippen molar-refractivity contribution in [2.75, 3.05) is 37.9 Å². The van der Waals surface area contributed by atoms with Gasteiger partial charge in [0.2, 0.25) is 18.6 Å². The lowest BCUT2D eigenvalue weighted by atomic mass is 10.1. The van der Waals surface area contributed by atoms with Crippen molar-refractivity contribution in [3.05, 3.63) is 54.2 Å². The molecule has 1 saturated heterocycles. The lowest BCUT2D eigenvalue weighted by Crippen LogP contribution is -2.55. The molecule has 10 nitrogen and oxygen atoms in total. The summed E-state index contributed by atoms with van der Waals surface area (Å²) in [4.78, 5) is 31.8. The Balaban J connectivity index is 1.33. The Hall–Kier alpha value is -3.66. The number of rotatable bonds is 10. The first-order valence-corrected chi connectivity index (χ1v) is 13.5. The smallest absolute Gasteiger partial charge is 0.237 e. The van der Waals surface area contributed by atoms with Gasteiger partial charge in [0.1, 0.15) is 12.1 Å². The standard InChI is InChI=1S/C28H37N7O3/c1-4-5-9-33-11-12-35(26-15-23(20(2)3)31-28(32-26)34-10-8-29-18-34)22(17-33)14-27(36)30-16-21-6-7-24-25(13-21)38-19-37-24/h6-8,10,13,15,18,20,22H,4-5,9,11-12,14,16-17,19H2,1-3H3,(H,30,36). The number of carbonyl (C=O) groups excluding carboxylic acids is 1. The second-order valence-electron chi connectivity index (χ2n) is 10.2. The lowest BCUT2D eigenvalue weighted by Gasteiger charge is -2.42. The van der Waals surface area contributed by atoms with E-state index in [0.717, 1.165) is 67.6 Å². The van der Waals surface area contributed by atoms with Gasteiger partial charge < -0.3 is 19.7 Å². The van der Waals surface area contributed by atoms with Gasteiger partial charge in [-0.1, -0.05) is 33.3 Å². The minimum absolute atomic E-state index is 0.00269. The lowest BCUT2D eigenvalue weighted by molar-refractivity contribution is -0.121. The number of unbranched alkanes of at least 4 members (excludes halogenated alkanes) is 1. The average molecular weight is 520 g/mol. The second-order valence-corrected chi connectivity index (χ2v) is 10.2. The molecule has 0 saturated carbocycles. The second kappa shape index (κ2) is 11.8. The van der Waals surface area contributed by atoms with Crippen LogP contribution in [-0.2, 0) is 11.3 Å². The van der Waals surface area contributed by atoms with Crippen molar-refractivity contribution >= 4 is 11.7 Å². The first-order chi connectivity index (χ1) is 18.5. The van der Waals surface area contributed by atoms with Crippen LogP contribution in [0.5, 0.6) is 11.5 Å². The van der Waals surface area contributed by atoms with Crippen LogP contribution in [0.3, 0.4) is 0 Å². The number of fused-ring (bicyclic) bond motifs is 1. The fourth-order valence-corrected chi connectivity index (χ4v) is 4.89. The van der Waals surface area contributed by atoms with Crippen LogP contribution >= 0.6 is 0 Å². The van der Waals surface area contributed by atoms with Crippen molar-refractivity contribution < 1.29 is 14.3 Å². The summed E-state index contributed by atoms with van der Waals surface area (Å²) in [5.74, 6) is 3.18. The summed E-state index contributed by atoms with van der Waals surface area (Å²) in [6, 6.07) is 7.84. The number of hydrogen-bond donors (Lipinski definition) is 1. The SMILES string of the molecule is CCCCN1CCN(c2cc(C(C)C)nc(-n3ccnc3)n2)C(CC(=O)NCc2ccc3c(c2)OCO3)C1. The van der Waals surface area contributed by atoms with Crippen molar-refractivity contribution in [1.82, 2.24) is 29.7 Å². The molecule has 2 aliphatic rings. The zero-order valence-corrected chi connectivity index (χ0v) is 22.5. The minimum atomic E-state index is 0.00269. The predicted octanol–water partition coefficient (Wildman–Crippen LogP) is 3.51. The van der Waals surface area contributed by atoms with E-state index in [4.69, 9.17) is 19.4 Å². The molecule has 1 unspecified atom stereocenters. The Bertz CT molecular complexity index is 1230. The molecule has 1 amide bonds. The quantitative estimate of drug-likeness (QED) is 0.435. The van der Waals surface area contributed by atoms with Crippen LogP contribution in [0.1, 0.15) is 57.2 Å². The van der Waals surface area contributed by atoms with Gasteiger partial charge >= 0.3 is 0 Å². The Labute approximate surface area is 224 Å². The van der Waals surface area contributed by atoms with E-state index < -0.39 is 0 Å². The fourth-order valence-electron chi connectivity index (χ4n) is 4.89. The monoisotopic (exact) mass is 519 g/mol. The van der Waals surface area contributed by atoms with Crippen LogP contribution in [0.2, 0.25) is 0 Å². The number of ether oxygens (including phenoxy) is 2. The Morgan fingerprint density at radius 1 is 1.16 bits per heavy atom. The summed E-state index contributed by atoms with van der Waals surface area (Å²) in [6.07, 6.45) is 7.98. The van der Waals surface area contributed by atoms with Gasteiger partial charge in [-0.2, -0.15) is 4.98 Å². The van der Waals surface area contributed by atoms with Crippen LogP contribution in [0.25, 0.3) is 5.95 Å². The molecular formula is C28H37N7O3. The normalized spacial score (nSPS) is 17.3. The third kappa shape index (κ3) is 6.07. The van der Waals surface area contributed by atoms with Gasteiger partial charge in [-0.3, -0.25) is 14.3 Å². The first-order valence-electron chi connectivity index (χ1n) is 13.5. The highest BCUT2D eigenvalue weighted by molar-refractivity contribution is 5.77. The van der Waals surface area contributed by atoms with E-state index in [0.29, 0.717) is 18.9 Å². The maximum Gasteiger partial charge on any atom is 0.237 e. The summed E-state index contributed by atoms with van der Waals surface area (Å²) >= 11 is 0. The molecule has 38 heavy (non-hydrogen) atoms. The molecule has 0 radical (unpaired) electrons. The largest absolute Gasteiger partial charge is 0.454 e.